The predicted octanol–water partition coefficient (Wildman–Crippen LogP) is 1.80. The van der Waals surface area contributed by atoms with E-state index in [4.69, 9.17) is 16.7 Å². The first-order valence-corrected chi connectivity index (χ1v) is 4.84. The lowest BCUT2D eigenvalue weighted by Crippen LogP contribution is -2.27. The zero-order chi connectivity index (χ0) is 9.28. The quantitative estimate of drug-likeness (QED) is 0.654. The molecule has 0 radical (unpaired) electrons. The zero-order valence-electron chi connectivity index (χ0n) is 6.63. The van der Waals surface area contributed by atoms with Gasteiger partial charge in [-0.1, -0.05) is 11.6 Å². The Hall–Kier alpha value is -0.220. The van der Waals surface area contributed by atoms with Crippen molar-refractivity contribution >= 4 is 21.4 Å². The number of hydrogen-bond donors (Lipinski definition) is 1. The van der Waals surface area contributed by atoms with Crippen molar-refractivity contribution in [1.29, 1.82) is 0 Å². The van der Waals surface area contributed by atoms with Gasteiger partial charge in [-0.25, -0.2) is 8.42 Å². The molecule has 0 bridgehead atoms. The highest BCUT2D eigenvalue weighted by Crippen LogP contribution is 2.25. The van der Waals surface area contributed by atoms with Gasteiger partial charge in [0, 0.05) is 0 Å². The summed E-state index contributed by atoms with van der Waals surface area (Å²) in [6.45, 7) is 4.52. The van der Waals surface area contributed by atoms with Crippen molar-refractivity contribution in [3.8, 4) is 0 Å². The van der Waals surface area contributed by atoms with Gasteiger partial charge in [0.05, 0.1) is 4.75 Å². The average molecular weight is 199 g/mol. The highest BCUT2D eigenvalue weighted by Gasteiger charge is 2.32. The van der Waals surface area contributed by atoms with Gasteiger partial charge in [0.15, 0.2) is 14.2 Å². The van der Waals surface area contributed by atoms with E-state index in [-0.39, 0.29) is 0 Å². The summed E-state index contributed by atoms with van der Waals surface area (Å²) in [7, 11) is -3.55. The second-order valence-electron chi connectivity index (χ2n) is 3.05. The molecule has 0 aliphatic carbocycles. The molecule has 0 atom stereocenters. The van der Waals surface area contributed by atoms with Gasteiger partial charge in [-0.2, -0.15) is 0 Å². The van der Waals surface area contributed by atoms with Crippen LogP contribution < -0.4 is 0 Å². The Morgan fingerprint density at radius 2 is 1.82 bits per heavy atom. The van der Waals surface area contributed by atoms with Gasteiger partial charge in [0.1, 0.15) is 6.26 Å². The summed E-state index contributed by atoms with van der Waals surface area (Å²) >= 11 is 5.26. The highest BCUT2D eigenvalue weighted by molar-refractivity contribution is 7.98. The van der Waals surface area contributed by atoms with Crippen LogP contribution in [-0.4, -0.2) is 18.3 Å². The topological polar surface area (TPSA) is 54.4 Å². The molecule has 0 aromatic carbocycles. The van der Waals surface area contributed by atoms with Crippen LogP contribution in [0.1, 0.15) is 20.8 Å². The summed E-state index contributed by atoms with van der Waals surface area (Å²) in [5, 5.41) is 8.36. The molecule has 0 aromatic heterocycles. The fourth-order valence-electron chi connectivity index (χ4n) is 0.362. The van der Waals surface area contributed by atoms with Gasteiger partial charge < -0.3 is 5.11 Å². The first kappa shape index (κ1) is 10.8. The van der Waals surface area contributed by atoms with Crippen LogP contribution in [0.4, 0.5) is 0 Å². The van der Waals surface area contributed by atoms with Crippen molar-refractivity contribution in [2.24, 2.45) is 0 Å². The standard InChI is InChI=1S/C6H11ClO3S/c1-6(2,3)11(9,10)5(7)4-8/h4,8H,1-3H3/b5-4+. The Morgan fingerprint density at radius 1 is 1.45 bits per heavy atom. The van der Waals surface area contributed by atoms with Gasteiger partial charge in [0.2, 0.25) is 0 Å². The number of rotatable bonds is 1. The molecular formula is C6H11ClO3S. The molecule has 66 valence electrons. The molecule has 0 aromatic rings. The first-order valence-electron chi connectivity index (χ1n) is 2.98. The number of aliphatic hydroxyl groups excluding tert-OH is 1. The van der Waals surface area contributed by atoms with Crippen molar-refractivity contribution in [1.82, 2.24) is 0 Å². The van der Waals surface area contributed by atoms with E-state index in [0.29, 0.717) is 6.26 Å². The fraction of sp³-hybridized carbons (Fsp3) is 0.667. The number of hydrogen-bond acceptors (Lipinski definition) is 3. The third-order valence-electron chi connectivity index (χ3n) is 1.16. The lowest BCUT2D eigenvalue weighted by molar-refractivity contribution is 0.472. The van der Waals surface area contributed by atoms with Crippen molar-refractivity contribution in [3.05, 3.63) is 10.6 Å². The van der Waals surface area contributed by atoms with Crippen LogP contribution in [0.15, 0.2) is 10.6 Å². The van der Waals surface area contributed by atoms with Crippen LogP contribution in [0.3, 0.4) is 0 Å². The Labute approximate surface area is 71.6 Å². The van der Waals surface area contributed by atoms with E-state index in [2.05, 4.69) is 0 Å². The number of halogens is 1. The predicted molar refractivity (Wildman–Crippen MR) is 45.2 cm³/mol. The van der Waals surface area contributed by atoms with Crippen LogP contribution in [0, 0.1) is 0 Å². The minimum absolute atomic E-state index is 0.391. The molecule has 0 saturated heterocycles. The SMILES string of the molecule is CC(C)(C)S(=O)(=O)/C(Cl)=C/O. The van der Waals surface area contributed by atoms with Crippen LogP contribution in [0.5, 0.6) is 0 Å². The van der Waals surface area contributed by atoms with Gasteiger partial charge in [0.25, 0.3) is 0 Å². The molecule has 3 nitrogen and oxygen atoms in total. The third-order valence-corrected chi connectivity index (χ3v) is 4.10. The molecule has 1 N–H and O–H groups in total. The third kappa shape index (κ3) is 2.10. The molecule has 5 heteroatoms. The van der Waals surface area contributed by atoms with E-state index in [1.54, 1.807) is 0 Å². The largest absolute Gasteiger partial charge is 0.513 e. The molecule has 0 aliphatic rings. The zero-order valence-corrected chi connectivity index (χ0v) is 8.20. The molecule has 0 aliphatic heterocycles. The minimum Gasteiger partial charge on any atom is -0.513 e. The highest BCUT2D eigenvalue weighted by atomic mass is 35.5. The normalized spacial score (nSPS) is 15.1. The second-order valence-corrected chi connectivity index (χ2v) is 6.35. The maximum absolute atomic E-state index is 11.2. The molecule has 0 fully saturated rings. The number of aliphatic hydroxyl groups is 1. The molecule has 0 rings (SSSR count). The van der Waals surface area contributed by atoms with Gasteiger partial charge in [-0.3, -0.25) is 0 Å². The summed E-state index contributed by atoms with van der Waals surface area (Å²) in [6.07, 6.45) is 0.391. The smallest absolute Gasteiger partial charge is 0.197 e. The second kappa shape index (κ2) is 3.03. The summed E-state index contributed by atoms with van der Waals surface area (Å²) in [6, 6.07) is 0. The Kier molecular flexibility index (Phi) is 2.97. The van der Waals surface area contributed by atoms with E-state index in [1.165, 1.54) is 20.8 Å². The molecular weight excluding hydrogens is 188 g/mol. The summed E-state index contributed by atoms with van der Waals surface area (Å²) in [4.78, 5) is 0. The van der Waals surface area contributed by atoms with E-state index < -0.39 is 18.9 Å². The fourth-order valence-corrected chi connectivity index (χ4v) is 1.78. The average Bonchev–Trinajstić information content (AvgIpc) is 1.83. The molecule has 0 spiro atoms. The van der Waals surface area contributed by atoms with E-state index in [1.807, 2.05) is 0 Å². The van der Waals surface area contributed by atoms with Crippen LogP contribution in [0.2, 0.25) is 0 Å². The van der Waals surface area contributed by atoms with E-state index in [9.17, 15) is 8.42 Å². The maximum atomic E-state index is 11.2. The van der Waals surface area contributed by atoms with Crippen molar-refractivity contribution in [3.63, 3.8) is 0 Å². The van der Waals surface area contributed by atoms with Crippen LogP contribution >= 0.6 is 11.6 Å². The summed E-state index contributed by atoms with van der Waals surface area (Å²) in [5.74, 6) is 0. The first-order chi connectivity index (χ1) is 4.73. The molecule has 0 unspecified atom stereocenters. The van der Waals surface area contributed by atoms with E-state index >= 15 is 0 Å². The summed E-state index contributed by atoms with van der Waals surface area (Å²) < 4.78 is 21.0. The van der Waals surface area contributed by atoms with Crippen molar-refractivity contribution in [2.45, 2.75) is 25.5 Å². The minimum atomic E-state index is -3.55. The lowest BCUT2D eigenvalue weighted by Gasteiger charge is -2.17. The monoisotopic (exact) mass is 198 g/mol. The summed E-state index contributed by atoms with van der Waals surface area (Å²) in [5.41, 5.74) is 0. The van der Waals surface area contributed by atoms with Gasteiger partial charge >= 0.3 is 0 Å². The van der Waals surface area contributed by atoms with Crippen molar-refractivity contribution in [2.75, 3.05) is 0 Å². The lowest BCUT2D eigenvalue weighted by atomic mass is 10.3. The molecule has 0 amide bonds. The molecule has 11 heavy (non-hydrogen) atoms. The molecule has 0 heterocycles. The number of sulfone groups is 1. The molecule has 0 saturated carbocycles. The van der Waals surface area contributed by atoms with Gasteiger partial charge in [-0.15, -0.1) is 0 Å². The van der Waals surface area contributed by atoms with Crippen LogP contribution in [-0.2, 0) is 9.84 Å². The van der Waals surface area contributed by atoms with Crippen LogP contribution in [0.25, 0.3) is 0 Å². The Balaban J connectivity index is 5.10. The Morgan fingerprint density at radius 3 is 1.91 bits per heavy atom. The van der Waals surface area contributed by atoms with Gasteiger partial charge in [-0.05, 0) is 20.8 Å². The van der Waals surface area contributed by atoms with E-state index in [0.717, 1.165) is 0 Å². The Bertz CT molecular complexity index is 258. The van der Waals surface area contributed by atoms with Crippen molar-refractivity contribution < 1.29 is 13.5 Å². The maximum Gasteiger partial charge on any atom is 0.197 e.